The molecular weight excluding hydrogens is 454 g/mol. The van der Waals surface area contributed by atoms with Gasteiger partial charge in [0.1, 0.15) is 12.2 Å². The molecular formula is C24H23N5O6. The molecule has 0 bridgehead atoms. The molecule has 3 N–H and O–H groups in total. The van der Waals surface area contributed by atoms with Crippen molar-refractivity contribution in [3.8, 4) is 0 Å². The first-order valence-electron chi connectivity index (χ1n) is 10.5. The molecule has 35 heavy (non-hydrogen) atoms. The molecule has 0 aliphatic rings. The number of pyridine rings is 1. The van der Waals surface area contributed by atoms with Gasteiger partial charge >= 0.3 is 5.97 Å². The minimum atomic E-state index is -0.600. The molecule has 0 fully saturated rings. The lowest BCUT2D eigenvalue weighted by Crippen LogP contribution is -2.30. The Labute approximate surface area is 200 Å². The van der Waals surface area contributed by atoms with Crippen molar-refractivity contribution in [1.82, 2.24) is 10.3 Å². The molecule has 11 nitrogen and oxygen atoms in total. The fourth-order valence-electron chi connectivity index (χ4n) is 3.15. The second-order valence-electron chi connectivity index (χ2n) is 7.40. The monoisotopic (exact) mass is 477 g/mol. The zero-order valence-corrected chi connectivity index (χ0v) is 19.0. The third kappa shape index (κ3) is 6.60. The highest BCUT2D eigenvalue weighted by molar-refractivity contribution is 6.06. The number of hydrogen-bond donors (Lipinski definition) is 3. The maximum atomic E-state index is 12.8. The van der Waals surface area contributed by atoms with Crippen molar-refractivity contribution in [2.45, 2.75) is 13.0 Å². The van der Waals surface area contributed by atoms with E-state index in [1.165, 1.54) is 37.4 Å². The van der Waals surface area contributed by atoms with Gasteiger partial charge in [-0.05, 0) is 49.4 Å². The van der Waals surface area contributed by atoms with Gasteiger partial charge in [-0.2, -0.15) is 0 Å². The van der Waals surface area contributed by atoms with E-state index in [2.05, 4.69) is 25.7 Å². The number of rotatable bonds is 9. The predicted octanol–water partition coefficient (Wildman–Crippen LogP) is 3.32. The van der Waals surface area contributed by atoms with Crippen LogP contribution in [0.1, 0.15) is 39.4 Å². The first kappa shape index (κ1) is 24.8. The summed E-state index contributed by atoms with van der Waals surface area (Å²) in [5.41, 5.74) is 1.26. The highest BCUT2D eigenvalue weighted by Crippen LogP contribution is 2.29. The molecule has 3 rings (SSSR count). The van der Waals surface area contributed by atoms with Crippen molar-refractivity contribution in [2.24, 2.45) is 0 Å². The van der Waals surface area contributed by atoms with Crippen molar-refractivity contribution in [1.29, 1.82) is 0 Å². The van der Waals surface area contributed by atoms with Crippen LogP contribution in [-0.2, 0) is 9.53 Å². The second kappa shape index (κ2) is 11.4. The van der Waals surface area contributed by atoms with Gasteiger partial charge in [-0.15, -0.1) is 0 Å². The molecule has 0 spiro atoms. The summed E-state index contributed by atoms with van der Waals surface area (Å²) >= 11 is 0. The number of aromatic nitrogens is 1. The van der Waals surface area contributed by atoms with Crippen LogP contribution in [0.3, 0.4) is 0 Å². The molecule has 1 aromatic heterocycles. The number of anilines is 2. The molecule has 0 radical (unpaired) electrons. The van der Waals surface area contributed by atoms with Crippen molar-refractivity contribution in [3.63, 3.8) is 0 Å². The van der Waals surface area contributed by atoms with E-state index in [9.17, 15) is 24.5 Å². The van der Waals surface area contributed by atoms with Crippen LogP contribution in [-0.4, -0.2) is 41.3 Å². The van der Waals surface area contributed by atoms with E-state index in [0.29, 0.717) is 11.4 Å². The third-order valence-corrected chi connectivity index (χ3v) is 4.96. The highest BCUT2D eigenvalue weighted by Gasteiger charge is 2.20. The average Bonchev–Trinajstić information content (AvgIpc) is 2.87. The number of carbonyl (C=O) groups is 3. The SMILES string of the molecule is COC(=O)CNC(=O)c1cccc(NC(=O)c2ccc(NC(C)c3ccccn3)c([N+](=O)[O-])c2)c1. The quantitative estimate of drug-likeness (QED) is 0.241. The summed E-state index contributed by atoms with van der Waals surface area (Å²) in [5.74, 6) is -1.72. The average molecular weight is 477 g/mol. The Kier molecular flexibility index (Phi) is 8.06. The Hall–Kier alpha value is -4.80. The summed E-state index contributed by atoms with van der Waals surface area (Å²) in [4.78, 5) is 51.5. The largest absolute Gasteiger partial charge is 0.468 e. The van der Waals surface area contributed by atoms with Gasteiger partial charge in [0.25, 0.3) is 17.5 Å². The number of nitro benzene ring substituents is 1. The van der Waals surface area contributed by atoms with E-state index in [1.54, 1.807) is 30.5 Å². The third-order valence-electron chi connectivity index (χ3n) is 4.96. The molecule has 3 aromatic rings. The van der Waals surface area contributed by atoms with Crippen LogP contribution < -0.4 is 16.0 Å². The van der Waals surface area contributed by atoms with Gasteiger partial charge in [0.05, 0.1) is 23.8 Å². The number of esters is 1. The van der Waals surface area contributed by atoms with Crippen LogP contribution in [0.2, 0.25) is 0 Å². The number of nitro groups is 1. The lowest BCUT2D eigenvalue weighted by molar-refractivity contribution is -0.384. The molecule has 0 aliphatic heterocycles. The van der Waals surface area contributed by atoms with Crippen LogP contribution in [0.25, 0.3) is 0 Å². The summed E-state index contributed by atoms with van der Waals surface area (Å²) in [6.07, 6.45) is 1.63. The van der Waals surface area contributed by atoms with Crippen LogP contribution >= 0.6 is 0 Å². The minimum Gasteiger partial charge on any atom is -0.468 e. The van der Waals surface area contributed by atoms with E-state index in [-0.39, 0.29) is 35.1 Å². The van der Waals surface area contributed by atoms with Gasteiger partial charge in [0, 0.05) is 29.1 Å². The standard InChI is InChI=1S/C24H23N5O6/c1-15(19-8-3-4-11-25-19)27-20-10-9-17(13-21(20)29(33)34)24(32)28-18-7-5-6-16(12-18)23(31)26-14-22(30)35-2/h3-13,15,27H,14H2,1-2H3,(H,26,31)(H,28,32). The fourth-order valence-corrected chi connectivity index (χ4v) is 3.15. The molecule has 1 heterocycles. The van der Waals surface area contributed by atoms with Gasteiger partial charge in [0.15, 0.2) is 0 Å². The number of nitrogens with zero attached hydrogens (tertiary/aromatic N) is 2. The number of hydrogen-bond acceptors (Lipinski definition) is 8. The van der Waals surface area contributed by atoms with Gasteiger partial charge in [0.2, 0.25) is 0 Å². The molecule has 0 aliphatic carbocycles. The maximum Gasteiger partial charge on any atom is 0.325 e. The van der Waals surface area contributed by atoms with Crippen LogP contribution in [0.5, 0.6) is 0 Å². The Morgan fingerprint density at radius 3 is 2.49 bits per heavy atom. The molecule has 0 saturated carbocycles. The summed E-state index contributed by atoms with van der Waals surface area (Å²) < 4.78 is 4.47. The normalized spacial score (nSPS) is 11.1. The molecule has 0 saturated heterocycles. The number of methoxy groups -OCH3 is 1. The molecule has 1 unspecified atom stereocenters. The number of carbonyl (C=O) groups excluding carboxylic acids is 3. The smallest absolute Gasteiger partial charge is 0.325 e. The van der Waals surface area contributed by atoms with E-state index in [1.807, 2.05) is 13.0 Å². The van der Waals surface area contributed by atoms with Crippen LogP contribution in [0.15, 0.2) is 66.9 Å². The zero-order chi connectivity index (χ0) is 25.4. The predicted molar refractivity (Wildman–Crippen MR) is 128 cm³/mol. The van der Waals surface area contributed by atoms with Crippen LogP contribution in [0, 0.1) is 10.1 Å². The van der Waals surface area contributed by atoms with Gasteiger partial charge in [-0.1, -0.05) is 12.1 Å². The lowest BCUT2D eigenvalue weighted by Gasteiger charge is -2.15. The maximum absolute atomic E-state index is 12.8. The van der Waals surface area contributed by atoms with Crippen molar-refractivity contribution in [2.75, 3.05) is 24.3 Å². The van der Waals surface area contributed by atoms with Gasteiger partial charge in [-0.25, -0.2) is 0 Å². The molecule has 2 aromatic carbocycles. The van der Waals surface area contributed by atoms with Crippen molar-refractivity contribution in [3.05, 3.63) is 93.8 Å². The molecule has 180 valence electrons. The Morgan fingerprint density at radius 1 is 1.03 bits per heavy atom. The number of nitrogens with one attached hydrogen (secondary N) is 3. The van der Waals surface area contributed by atoms with E-state index in [4.69, 9.17) is 0 Å². The number of ether oxygens (including phenoxy) is 1. The first-order valence-corrected chi connectivity index (χ1v) is 10.5. The Bertz CT molecular complexity index is 1250. The summed E-state index contributed by atoms with van der Waals surface area (Å²) in [5, 5.41) is 19.7. The number of amides is 2. The molecule has 1 atom stereocenters. The number of benzene rings is 2. The van der Waals surface area contributed by atoms with Gasteiger partial charge in [-0.3, -0.25) is 29.5 Å². The Balaban J connectivity index is 1.74. The van der Waals surface area contributed by atoms with E-state index >= 15 is 0 Å². The Morgan fingerprint density at radius 2 is 1.80 bits per heavy atom. The summed E-state index contributed by atoms with van der Waals surface area (Å²) in [6, 6.07) is 15.2. The van der Waals surface area contributed by atoms with Crippen molar-refractivity contribution < 1.29 is 24.0 Å². The molecule has 2 amide bonds. The summed E-state index contributed by atoms with van der Waals surface area (Å²) in [6.45, 7) is 1.52. The van der Waals surface area contributed by atoms with Crippen LogP contribution in [0.4, 0.5) is 17.1 Å². The van der Waals surface area contributed by atoms with E-state index < -0.39 is 22.7 Å². The van der Waals surface area contributed by atoms with Gasteiger partial charge < -0.3 is 20.7 Å². The summed E-state index contributed by atoms with van der Waals surface area (Å²) in [7, 11) is 1.21. The second-order valence-corrected chi connectivity index (χ2v) is 7.40. The highest BCUT2D eigenvalue weighted by atomic mass is 16.6. The topological polar surface area (TPSA) is 153 Å². The lowest BCUT2D eigenvalue weighted by atomic mass is 10.1. The first-order chi connectivity index (χ1) is 16.8. The van der Waals surface area contributed by atoms with E-state index in [0.717, 1.165) is 0 Å². The fraction of sp³-hybridized carbons (Fsp3) is 0.167. The minimum absolute atomic E-state index is 0.0632. The zero-order valence-electron chi connectivity index (χ0n) is 19.0. The van der Waals surface area contributed by atoms with Crippen molar-refractivity contribution >= 4 is 34.8 Å². The molecule has 11 heteroatoms.